The van der Waals surface area contributed by atoms with E-state index in [0.29, 0.717) is 6.42 Å². The molecule has 1 saturated heterocycles. The number of rotatable bonds is 6. The average Bonchev–Trinajstić information content (AvgIpc) is 3.35. The van der Waals surface area contributed by atoms with Crippen molar-refractivity contribution in [3.05, 3.63) is 53.8 Å². The van der Waals surface area contributed by atoms with Crippen molar-refractivity contribution >= 4 is 40.1 Å². The number of hydrogen-bond donors (Lipinski definition) is 1. The number of ether oxygens (including phenoxy) is 2. The molecule has 2 amide bonds. The van der Waals surface area contributed by atoms with E-state index in [-0.39, 0.29) is 24.1 Å². The van der Waals surface area contributed by atoms with Crippen LogP contribution in [0.3, 0.4) is 0 Å². The Morgan fingerprint density at radius 3 is 2.78 bits per heavy atom. The van der Waals surface area contributed by atoms with E-state index in [2.05, 4.69) is 10.2 Å². The molecule has 0 saturated carbocycles. The predicted molar refractivity (Wildman–Crippen MR) is 121 cm³/mol. The van der Waals surface area contributed by atoms with E-state index in [0.717, 1.165) is 45.9 Å². The fourth-order valence-corrected chi connectivity index (χ4v) is 4.17. The van der Waals surface area contributed by atoms with Crippen molar-refractivity contribution in [2.24, 2.45) is 15.9 Å². The summed E-state index contributed by atoms with van der Waals surface area (Å²) in [4.78, 5) is 25.8. The Labute approximate surface area is 188 Å². The number of thioether (sulfide) groups is 1. The zero-order valence-electron chi connectivity index (χ0n) is 17.3. The lowest BCUT2D eigenvalue weighted by molar-refractivity contribution is -0.121. The van der Waals surface area contributed by atoms with Crippen molar-refractivity contribution in [3.63, 3.8) is 0 Å². The number of fused-ring (bicyclic) bond motifs is 1. The SMILES string of the molecule is C/C(CCc1ccc2c(c1)OCO2)=N/N=C(/N)S[C@@H]1CC(=O)N(c2ccccc2F)C1=O. The molecule has 32 heavy (non-hydrogen) atoms. The largest absolute Gasteiger partial charge is 0.454 e. The zero-order chi connectivity index (χ0) is 22.7. The van der Waals surface area contributed by atoms with Gasteiger partial charge in [0.1, 0.15) is 11.1 Å². The van der Waals surface area contributed by atoms with Gasteiger partial charge < -0.3 is 15.2 Å². The minimum Gasteiger partial charge on any atom is -0.454 e. The molecule has 2 heterocycles. The summed E-state index contributed by atoms with van der Waals surface area (Å²) in [6.07, 6.45) is 1.31. The van der Waals surface area contributed by atoms with Crippen LogP contribution in [0.25, 0.3) is 0 Å². The number of nitrogens with zero attached hydrogens (tertiary/aromatic N) is 3. The topological polar surface area (TPSA) is 107 Å². The average molecular weight is 456 g/mol. The van der Waals surface area contributed by atoms with Crippen LogP contribution >= 0.6 is 11.8 Å². The van der Waals surface area contributed by atoms with Crippen LogP contribution in [-0.4, -0.2) is 34.7 Å². The van der Waals surface area contributed by atoms with Gasteiger partial charge in [0.25, 0.3) is 0 Å². The number of carbonyl (C=O) groups is 2. The molecular weight excluding hydrogens is 435 g/mol. The summed E-state index contributed by atoms with van der Waals surface area (Å²) in [6.45, 7) is 2.07. The number of nitrogens with two attached hydrogens (primary N) is 1. The summed E-state index contributed by atoms with van der Waals surface area (Å²) in [5, 5.41) is 7.39. The Bertz CT molecular complexity index is 1120. The van der Waals surface area contributed by atoms with Gasteiger partial charge in [-0.25, -0.2) is 9.29 Å². The summed E-state index contributed by atoms with van der Waals surface area (Å²) in [5.41, 5.74) is 7.69. The van der Waals surface area contributed by atoms with Crippen LogP contribution in [-0.2, 0) is 16.0 Å². The predicted octanol–water partition coefficient (Wildman–Crippen LogP) is 3.24. The van der Waals surface area contributed by atoms with E-state index in [1.54, 1.807) is 6.07 Å². The van der Waals surface area contributed by atoms with Crippen molar-refractivity contribution in [2.45, 2.75) is 31.4 Å². The first-order valence-corrected chi connectivity index (χ1v) is 10.8. The normalized spacial score (nSPS) is 18.6. The molecule has 4 rings (SSSR count). The number of amides is 2. The maximum Gasteiger partial charge on any atom is 0.247 e. The highest BCUT2D eigenvalue weighted by Gasteiger charge is 2.41. The van der Waals surface area contributed by atoms with Crippen LogP contribution in [0.5, 0.6) is 11.5 Å². The van der Waals surface area contributed by atoms with Crippen LogP contribution in [0.4, 0.5) is 10.1 Å². The number of carbonyl (C=O) groups excluding carboxylic acids is 2. The summed E-state index contributed by atoms with van der Waals surface area (Å²) in [7, 11) is 0. The first kappa shape index (κ1) is 21.8. The molecule has 0 spiro atoms. The van der Waals surface area contributed by atoms with E-state index < -0.39 is 22.9 Å². The van der Waals surface area contributed by atoms with Gasteiger partial charge in [0.2, 0.25) is 18.6 Å². The number of para-hydroxylation sites is 1. The fourth-order valence-electron chi connectivity index (χ4n) is 3.36. The molecule has 166 valence electrons. The number of aryl methyl sites for hydroxylation is 1. The van der Waals surface area contributed by atoms with Gasteiger partial charge in [-0.2, -0.15) is 5.10 Å². The van der Waals surface area contributed by atoms with Crippen molar-refractivity contribution < 1.29 is 23.5 Å². The number of hydrogen-bond acceptors (Lipinski definition) is 7. The van der Waals surface area contributed by atoms with E-state index in [4.69, 9.17) is 15.2 Å². The van der Waals surface area contributed by atoms with Gasteiger partial charge in [-0.1, -0.05) is 30.0 Å². The molecule has 2 aromatic carbocycles. The third kappa shape index (κ3) is 4.75. The van der Waals surface area contributed by atoms with Gasteiger partial charge >= 0.3 is 0 Å². The van der Waals surface area contributed by atoms with E-state index in [1.165, 1.54) is 18.2 Å². The second-order valence-corrected chi connectivity index (χ2v) is 8.51. The van der Waals surface area contributed by atoms with E-state index in [9.17, 15) is 14.0 Å². The van der Waals surface area contributed by atoms with Gasteiger partial charge in [0, 0.05) is 12.1 Å². The minimum atomic E-state index is -0.769. The first-order valence-electron chi connectivity index (χ1n) is 9.95. The number of halogens is 1. The van der Waals surface area contributed by atoms with Crippen molar-refractivity contribution in [1.82, 2.24) is 0 Å². The molecule has 0 aromatic heterocycles. The lowest BCUT2D eigenvalue weighted by Gasteiger charge is -2.15. The van der Waals surface area contributed by atoms with Gasteiger partial charge in [0.05, 0.1) is 5.69 Å². The fraction of sp³-hybridized carbons (Fsp3) is 0.273. The molecule has 1 atom stereocenters. The molecular formula is C22H21FN4O4S. The smallest absolute Gasteiger partial charge is 0.247 e. The molecule has 2 aliphatic heterocycles. The Kier molecular flexibility index (Phi) is 6.40. The van der Waals surface area contributed by atoms with Crippen LogP contribution in [0.2, 0.25) is 0 Å². The third-order valence-corrected chi connectivity index (χ3v) is 5.97. The lowest BCUT2D eigenvalue weighted by atomic mass is 10.1. The molecule has 2 N–H and O–H groups in total. The van der Waals surface area contributed by atoms with Crippen molar-refractivity contribution in [2.75, 3.05) is 11.7 Å². The van der Waals surface area contributed by atoms with Gasteiger partial charge in [-0.15, -0.1) is 5.10 Å². The monoisotopic (exact) mass is 456 g/mol. The lowest BCUT2D eigenvalue weighted by Crippen LogP contribution is -2.32. The summed E-state index contributed by atoms with van der Waals surface area (Å²) >= 11 is 0.949. The molecule has 0 unspecified atom stereocenters. The number of anilines is 1. The standard InChI is InChI=1S/C22H21FN4O4S/c1-13(6-7-14-8-9-17-18(10-14)31-12-30-17)25-26-22(24)32-19-11-20(28)27(21(19)29)16-5-3-2-4-15(16)23/h2-5,8-10,19H,6-7,11-12H2,1H3,(H2,24,26)/b25-13-/t19-/m1/s1. The number of imide groups is 1. The van der Waals surface area contributed by atoms with Crippen LogP contribution in [0.15, 0.2) is 52.7 Å². The molecule has 0 radical (unpaired) electrons. The highest BCUT2D eigenvalue weighted by molar-refractivity contribution is 8.14. The second-order valence-electron chi connectivity index (χ2n) is 7.29. The van der Waals surface area contributed by atoms with Crippen LogP contribution in [0.1, 0.15) is 25.3 Å². The molecule has 10 heteroatoms. The highest BCUT2D eigenvalue weighted by atomic mass is 32.2. The van der Waals surface area contributed by atoms with Crippen molar-refractivity contribution in [3.8, 4) is 11.5 Å². The molecule has 0 aliphatic carbocycles. The molecule has 1 fully saturated rings. The van der Waals surface area contributed by atoms with Gasteiger partial charge in [0.15, 0.2) is 16.7 Å². The summed E-state index contributed by atoms with van der Waals surface area (Å²) < 4.78 is 24.7. The summed E-state index contributed by atoms with van der Waals surface area (Å²) in [6, 6.07) is 11.4. The van der Waals surface area contributed by atoms with E-state index in [1.807, 2.05) is 25.1 Å². The third-order valence-electron chi connectivity index (χ3n) is 4.99. The Morgan fingerprint density at radius 1 is 1.19 bits per heavy atom. The minimum absolute atomic E-state index is 0.0570. The highest BCUT2D eigenvalue weighted by Crippen LogP contribution is 2.33. The second kappa shape index (κ2) is 9.39. The first-order chi connectivity index (χ1) is 15.4. The zero-order valence-corrected chi connectivity index (χ0v) is 18.1. The number of benzene rings is 2. The number of amidine groups is 1. The molecule has 8 nitrogen and oxygen atoms in total. The Balaban J connectivity index is 1.34. The summed E-state index contributed by atoms with van der Waals surface area (Å²) in [5.74, 6) is -0.164. The Morgan fingerprint density at radius 2 is 1.97 bits per heavy atom. The van der Waals surface area contributed by atoms with E-state index >= 15 is 0 Å². The molecule has 2 aliphatic rings. The molecule has 0 bridgehead atoms. The quantitative estimate of drug-likeness (QED) is 0.310. The van der Waals surface area contributed by atoms with Gasteiger partial charge in [-0.05, 0) is 49.6 Å². The maximum atomic E-state index is 14.0. The van der Waals surface area contributed by atoms with Crippen LogP contribution in [0, 0.1) is 5.82 Å². The Hall–Kier alpha value is -3.40. The van der Waals surface area contributed by atoms with Crippen LogP contribution < -0.4 is 20.1 Å². The maximum absolute atomic E-state index is 14.0. The van der Waals surface area contributed by atoms with Crippen molar-refractivity contribution in [1.29, 1.82) is 0 Å². The molecule has 2 aromatic rings. The van der Waals surface area contributed by atoms with Gasteiger partial charge in [-0.3, -0.25) is 9.59 Å².